The number of esters is 1. The molecule has 0 saturated carbocycles. The Hall–Kier alpha value is -1.18. The van der Waals surface area contributed by atoms with Gasteiger partial charge in [-0.2, -0.15) is 0 Å². The van der Waals surface area contributed by atoms with Crippen LogP contribution < -0.4 is 0 Å². The van der Waals surface area contributed by atoms with E-state index in [0.717, 1.165) is 13.0 Å². The minimum Gasteiger partial charge on any atom is -0.483 e. The molecule has 0 radical (unpaired) electrons. The van der Waals surface area contributed by atoms with Gasteiger partial charge in [-0.15, -0.1) is 0 Å². The van der Waals surface area contributed by atoms with Crippen LogP contribution in [-0.4, -0.2) is 73.1 Å². The van der Waals surface area contributed by atoms with Crippen LogP contribution >= 0.6 is 0 Å². The molecule has 0 aromatic rings. The number of rotatable bonds is 9. The van der Waals surface area contributed by atoms with Crippen LogP contribution in [0.3, 0.4) is 0 Å². The molecular formula is C14H29NO6. The summed E-state index contributed by atoms with van der Waals surface area (Å²) in [4.78, 5) is 22.1. The molecule has 0 spiro atoms. The molecule has 0 heterocycles. The fourth-order valence-electron chi connectivity index (χ4n) is 1.55. The van der Waals surface area contributed by atoms with Crippen molar-refractivity contribution in [1.82, 2.24) is 4.90 Å². The lowest BCUT2D eigenvalue weighted by Gasteiger charge is -2.24. The standard InChI is InChI=1S/C13H27NO4.CH2O2/c1-13(2,3)18-12(16)11-14(7-5-9-15)8-6-10-17-4;2-1-3/h15H,5-11H2,1-4H3;1H,(H,2,3). The van der Waals surface area contributed by atoms with Crippen LogP contribution in [0.2, 0.25) is 0 Å². The number of aliphatic hydroxyl groups excluding tert-OH is 1. The monoisotopic (exact) mass is 307 g/mol. The predicted octanol–water partition coefficient (Wildman–Crippen LogP) is 0.750. The number of ether oxygens (including phenoxy) is 2. The highest BCUT2D eigenvalue weighted by Crippen LogP contribution is 2.07. The second-order valence-electron chi connectivity index (χ2n) is 5.39. The number of hydrogen-bond acceptors (Lipinski definition) is 6. The van der Waals surface area contributed by atoms with Crippen molar-refractivity contribution in [3.05, 3.63) is 0 Å². The highest BCUT2D eigenvalue weighted by Gasteiger charge is 2.18. The molecule has 2 N–H and O–H groups in total. The first-order valence-corrected chi connectivity index (χ1v) is 6.92. The fraction of sp³-hybridized carbons (Fsp3) is 0.857. The molecule has 0 aliphatic carbocycles. The second-order valence-corrected chi connectivity index (χ2v) is 5.39. The first-order valence-electron chi connectivity index (χ1n) is 6.92. The summed E-state index contributed by atoms with van der Waals surface area (Å²) in [5, 5.41) is 15.7. The van der Waals surface area contributed by atoms with E-state index in [9.17, 15) is 4.79 Å². The van der Waals surface area contributed by atoms with E-state index in [-0.39, 0.29) is 25.6 Å². The van der Waals surface area contributed by atoms with Crippen molar-refractivity contribution < 1.29 is 29.3 Å². The zero-order valence-electron chi connectivity index (χ0n) is 13.5. The van der Waals surface area contributed by atoms with Gasteiger partial charge in [0.25, 0.3) is 6.47 Å². The quantitative estimate of drug-likeness (QED) is 0.368. The Kier molecular flexibility index (Phi) is 14.5. The lowest BCUT2D eigenvalue weighted by atomic mass is 10.2. The number of nitrogens with zero attached hydrogens (tertiary/aromatic N) is 1. The molecule has 0 aliphatic rings. The van der Waals surface area contributed by atoms with Crippen molar-refractivity contribution in [3.63, 3.8) is 0 Å². The van der Waals surface area contributed by atoms with E-state index in [1.165, 1.54) is 0 Å². The molecule has 0 aliphatic heterocycles. The second kappa shape index (κ2) is 13.8. The van der Waals surface area contributed by atoms with Gasteiger partial charge in [-0.1, -0.05) is 0 Å². The average Bonchev–Trinajstić information content (AvgIpc) is 2.34. The first kappa shape index (κ1) is 22.1. The molecule has 0 unspecified atom stereocenters. The molecule has 7 heteroatoms. The zero-order chi connectivity index (χ0) is 16.7. The fourth-order valence-corrected chi connectivity index (χ4v) is 1.55. The first-order chi connectivity index (χ1) is 9.80. The predicted molar refractivity (Wildman–Crippen MR) is 79.2 cm³/mol. The highest BCUT2D eigenvalue weighted by molar-refractivity contribution is 5.72. The van der Waals surface area contributed by atoms with Crippen molar-refractivity contribution >= 4 is 12.4 Å². The summed E-state index contributed by atoms with van der Waals surface area (Å²) in [6.45, 7) is 7.85. The van der Waals surface area contributed by atoms with Crippen LogP contribution in [0.4, 0.5) is 0 Å². The van der Waals surface area contributed by atoms with Gasteiger partial charge >= 0.3 is 5.97 Å². The van der Waals surface area contributed by atoms with E-state index < -0.39 is 5.60 Å². The van der Waals surface area contributed by atoms with Crippen LogP contribution in [-0.2, 0) is 19.1 Å². The summed E-state index contributed by atoms with van der Waals surface area (Å²) in [7, 11) is 1.66. The summed E-state index contributed by atoms with van der Waals surface area (Å²) >= 11 is 0. The maximum Gasteiger partial charge on any atom is 0.320 e. The molecule has 0 aromatic heterocycles. The lowest BCUT2D eigenvalue weighted by Crippen LogP contribution is -2.36. The number of carbonyl (C=O) groups is 2. The largest absolute Gasteiger partial charge is 0.483 e. The van der Waals surface area contributed by atoms with Gasteiger partial charge in [0, 0.05) is 33.4 Å². The normalized spacial score (nSPS) is 10.8. The summed E-state index contributed by atoms with van der Waals surface area (Å²) in [5.74, 6) is -0.224. The summed E-state index contributed by atoms with van der Waals surface area (Å²) in [6, 6.07) is 0. The molecule has 0 fully saturated rings. The third-order valence-electron chi connectivity index (χ3n) is 2.23. The van der Waals surface area contributed by atoms with Gasteiger partial charge in [-0.05, 0) is 33.6 Å². The van der Waals surface area contributed by atoms with E-state index in [2.05, 4.69) is 0 Å². The number of hydrogen-bond donors (Lipinski definition) is 2. The minimum absolute atomic E-state index is 0.134. The van der Waals surface area contributed by atoms with Gasteiger partial charge in [-0.25, -0.2) is 0 Å². The maximum absolute atomic E-state index is 11.7. The van der Waals surface area contributed by atoms with Crippen LogP contribution in [0, 0.1) is 0 Å². The van der Waals surface area contributed by atoms with Crippen LogP contribution in [0.15, 0.2) is 0 Å². The topological polar surface area (TPSA) is 96.3 Å². The van der Waals surface area contributed by atoms with Gasteiger partial charge in [0.05, 0.1) is 6.54 Å². The van der Waals surface area contributed by atoms with Crippen molar-refractivity contribution in [2.45, 2.75) is 39.2 Å². The molecule has 0 rings (SSSR count). The number of methoxy groups -OCH3 is 1. The van der Waals surface area contributed by atoms with Crippen molar-refractivity contribution in [3.8, 4) is 0 Å². The van der Waals surface area contributed by atoms with Crippen molar-refractivity contribution in [2.75, 3.05) is 40.0 Å². The molecule has 0 atom stereocenters. The van der Waals surface area contributed by atoms with E-state index >= 15 is 0 Å². The highest BCUT2D eigenvalue weighted by atomic mass is 16.6. The maximum atomic E-state index is 11.7. The van der Waals surface area contributed by atoms with E-state index in [1.54, 1.807) is 7.11 Å². The Morgan fingerprint density at radius 1 is 1.24 bits per heavy atom. The van der Waals surface area contributed by atoms with Crippen LogP contribution in [0.25, 0.3) is 0 Å². The van der Waals surface area contributed by atoms with Gasteiger partial charge < -0.3 is 19.7 Å². The van der Waals surface area contributed by atoms with Gasteiger partial charge in [0.2, 0.25) is 0 Å². The van der Waals surface area contributed by atoms with Gasteiger partial charge in [0.15, 0.2) is 0 Å². The molecule has 7 nitrogen and oxygen atoms in total. The van der Waals surface area contributed by atoms with Crippen molar-refractivity contribution in [1.29, 1.82) is 0 Å². The third-order valence-corrected chi connectivity index (χ3v) is 2.23. The summed E-state index contributed by atoms with van der Waals surface area (Å²) in [6.07, 6.45) is 1.53. The lowest BCUT2D eigenvalue weighted by molar-refractivity contribution is -0.156. The molecule has 0 saturated heterocycles. The minimum atomic E-state index is -0.452. The number of aliphatic hydroxyl groups is 1. The average molecular weight is 307 g/mol. The molecule has 21 heavy (non-hydrogen) atoms. The van der Waals surface area contributed by atoms with Crippen molar-refractivity contribution in [2.24, 2.45) is 0 Å². The summed E-state index contributed by atoms with van der Waals surface area (Å²) < 4.78 is 10.3. The Morgan fingerprint density at radius 2 is 1.76 bits per heavy atom. The third kappa shape index (κ3) is 18.8. The number of carbonyl (C=O) groups excluding carboxylic acids is 1. The molecular weight excluding hydrogens is 278 g/mol. The van der Waals surface area contributed by atoms with Crippen LogP contribution in [0.1, 0.15) is 33.6 Å². The van der Waals surface area contributed by atoms with Gasteiger partial charge in [0.1, 0.15) is 5.60 Å². The van der Waals surface area contributed by atoms with E-state index in [0.29, 0.717) is 19.6 Å². The Balaban J connectivity index is 0. The SMILES string of the molecule is COCCCN(CCCO)CC(=O)OC(C)(C)C.O=CO. The Labute approximate surface area is 126 Å². The molecule has 0 amide bonds. The van der Waals surface area contributed by atoms with Gasteiger partial charge in [-0.3, -0.25) is 14.5 Å². The molecule has 126 valence electrons. The van der Waals surface area contributed by atoms with E-state index in [1.807, 2.05) is 25.7 Å². The molecule has 0 bridgehead atoms. The van der Waals surface area contributed by atoms with Crippen LogP contribution in [0.5, 0.6) is 0 Å². The van der Waals surface area contributed by atoms with E-state index in [4.69, 9.17) is 24.5 Å². The molecule has 0 aromatic carbocycles. The Morgan fingerprint density at radius 3 is 2.19 bits per heavy atom. The summed E-state index contributed by atoms with van der Waals surface area (Å²) in [5.41, 5.74) is -0.452. The zero-order valence-corrected chi connectivity index (χ0v) is 13.5. The number of carboxylic acid groups (broad SMARTS) is 1. The smallest absolute Gasteiger partial charge is 0.320 e. The Bertz CT molecular complexity index is 265.